The number of nitrogens with two attached hydrogens (primary N) is 1. The van der Waals surface area contributed by atoms with Crippen molar-refractivity contribution in [1.82, 2.24) is 4.98 Å². The van der Waals surface area contributed by atoms with Crippen molar-refractivity contribution in [2.45, 2.75) is 0 Å². The topological polar surface area (TPSA) is 80.0 Å². The average molecular weight is 297 g/mol. The minimum Gasteiger partial charge on any atom is -0.322 e. The molecule has 0 saturated heterocycles. The van der Waals surface area contributed by atoms with E-state index < -0.39 is 0 Å². The molecule has 1 amide bonds. The number of amides is 1. The Labute approximate surface area is 119 Å². The number of halogens is 2. The zero-order valence-corrected chi connectivity index (χ0v) is 11.2. The van der Waals surface area contributed by atoms with E-state index >= 15 is 0 Å². The second-order valence-corrected chi connectivity index (χ2v) is 4.55. The summed E-state index contributed by atoms with van der Waals surface area (Å²) in [5.74, 6) is 4.98. The first-order valence-corrected chi connectivity index (χ1v) is 6.04. The van der Waals surface area contributed by atoms with Crippen molar-refractivity contribution in [2.24, 2.45) is 5.84 Å². The Balaban J connectivity index is 2.25. The molecule has 2 rings (SSSR count). The van der Waals surface area contributed by atoms with Gasteiger partial charge in [-0.2, -0.15) is 0 Å². The molecule has 19 heavy (non-hydrogen) atoms. The molecule has 0 atom stereocenters. The van der Waals surface area contributed by atoms with Crippen molar-refractivity contribution in [3.05, 3.63) is 52.3 Å². The van der Waals surface area contributed by atoms with Crippen molar-refractivity contribution in [2.75, 3.05) is 10.7 Å². The van der Waals surface area contributed by atoms with E-state index in [0.717, 1.165) is 0 Å². The minimum absolute atomic E-state index is 0.339. The lowest BCUT2D eigenvalue weighted by Gasteiger charge is -2.09. The van der Waals surface area contributed by atoms with E-state index in [2.05, 4.69) is 15.7 Å². The molecule has 1 aromatic carbocycles. The number of nitrogen functional groups attached to an aromatic ring is 1. The SMILES string of the molecule is NNc1cnccc1C(=O)Nc1cc(Cl)cc(Cl)c1. The highest BCUT2D eigenvalue weighted by Crippen LogP contribution is 2.23. The van der Waals surface area contributed by atoms with Gasteiger partial charge in [0.25, 0.3) is 5.91 Å². The third-order valence-corrected chi connectivity index (χ3v) is 2.78. The Hall–Kier alpha value is -1.82. The number of carbonyl (C=O) groups is 1. The maximum Gasteiger partial charge on any atom is 0.257 e. The molecule has 0 spiro atoms. The van der Waals surface area contributed by atoms with E-state index in [-0.39, 0.29) is 5.91 Å². The lowest BCUT2D eigenvalue weighted by atomic mass is 10.2. The molecule has 5 nitrogen and oxygen atoms in total. The van der Waals surface area contributed by atoms with Gasteiger partial charge in [0.05, 0.1) is 17.4 Å². The normalized spacial score (nSPS) is 10.1. The number of aromatic nitrogens is 1. The lowest BCUT2D eigenvalue weighted by Crippen LogP contribution is -2.17. The largest absolute Gasteiger partial charge is 0.322 e. The summed E-state index contributed by atoms with van der Waals surface area (Å²) in [6.07, 6.45) is 2.96. The summed E-state index contributed by atoms with van der Waals surface area (Å²) in [6.45, 7) is 0. The van der Waals surface area contributed by atoms with Crippen LogP contribution >= 0.6 is 23.2 Å². The Morgan fingerprint density at radius 1 is 1.21 bits per heavy atom. The Bertz CT molecular complexity index is 598. The van der Waals surface area contributed by atoms with Crippen molar-refractivity contribution in [3.63, 3.8) is 0 Å². The predicted molar refractivity (Wildman–Crippen MR) is 76.5 cm³/mol. The van der Waals surface area contributed by atoms with Gasteiger partial charge in [-0.1, -0.05) is 23.2 Å². The lowest BCUT2D eigenvalue weighted by molar-refractivity contribution is 0.102. The average Bonchev–Trinajstić information content (AvgIpc) is 2.37. The summed E-state index contributed by atoms with van der Waals surface area (Å²) in [5, 5.41) is 3.56. The molecule has 0 aliphatic rings. The van der Waals surface area contributed by atoms with E-state index in [1.807, 2.05) is 0 Å². The number of hydrogen-bond donors (Lipinski definition) is 3. The zero-order valence-electron chi connectivity index (χ0n) is 9.65. The van der Waals surface area contributed by atoms with Gasteiger partial charge < -0.3 is 10.7 Å². The van der Waals surface area contributed by atoms with Gasteiger partial charge >= 0.3 is 0 Å². The Kier molecular flexibility index (Phi) is 4.21. The van der Waals surface area contributed by atoms with Crippen LogP contribution < -0.4 is 16.6 Å². The predicted octanol–water partition coefficient (Wildman–Crippen LogP) is 2.93. The maximum atomic E-state index is 12.1. The van der Waals surface area contributed by atoms with Crippen molar-refractivity contribution < 1.29 is 4.79 Å². The third-order valence-electron chi connectivity index (χ3n) is 2.34. The summed E-state index contributed by atoms with van der Waals surface area (Å²) >= 11 is 11.7. The zero-order chi connectivity index (χ0) is 13.8. The molecule has 7 heteroatoms. The van der Waals surface area contributed by atoms with Crippen LogP contribution in [-0.4, -0.2) is 10.9 Å². The molecule has 1 heterocycles. The molecular formula is C12H10Cl2N4O. The molecular weight excluding hydrogens is 287 g/mol. The second kappa shape index (κ2) is 5.88. The number of pyridine rings is 1. The fourth-order valence-corrected chi connectivity index (χ4v) is 2.06. The number of nitrogens with one attached hydrogen (secondary N) is 2. The number of carbonyl (C=O) groups excluding carboxylic acids is 1. The number of anilines is 2. The first-order valence-electron chi connectivity index (χ1n) is 5.28. The van der Waals surface area contributed by atoms with Gasteiger partial charge in [-0.15, -0.1) is 0 Å². The van der Waals surface area contributed by atoms with Crippen LogP contribution in [0.3, 0.4) is 0 Å². The molecule has 98 valence electrons. The standard InChI is InChI=1S/C12H10Cl2N4O/c13-7-3-8(14)5-9(4-7)17-12(19)10-1-2-16-6-11(10)18-15/h1-6,18H,15H2,(H,17,19). The fraction of sp³-hybridized carbons (Fsp3) is 0. The van der Waals surface area contributed by atoms with Crippen molar-refractivity contribution >= 4 is 40.5 Å². The number of benzene rings is 1. The van der Waals surface area contributed by atoms with Gasteiger partial charge in [0.2, 0.25) is 0 Å². The van der Waals surface area contributed by atoms with Crippen LogP contribution in [0, 0.1) is 0 Å². The molecule has 0 saturated carbocycles. The van der Waals surface area contributed by atoms with Gasteiger partial charge in [0.15, 0.2) is 0 Å². The number of hydrazine groups is 1. The van der Waals surface area contributed by atoms with Crippen LogP contribution in [0.15, 0.2) is 36.7 Å². The van der Waals surface area contributed by atoms with Gasteiger partial charge in [0, 0.05) is 21.9 Å². The highest BCUT2D eigenvalue weighted by Gasteiger charge is 2.11. The molecule has 0 radical (unpaired) electrons. The third kappa shape index (κ3) is 3.35. The molecule has 1 aromatic heterocycles. The number of nitrogens with zero attached hydrogens (tertiary/aromatic N) is 1. The summed E-state index contributed by atoms with van der Waals surface area (Å²) in [7, 11) is 0. The van der Waals surface area contributed by atoms with Gasteiger partial charge in [-0.3, -0.25) is 15.6 Å². The van der Waals surface area contributed by atoms with E-state index in [1.54, 1.807) is 24.3 Å². The van der Waals surface area contributed by atoms with Gasteiger partial charge in [-0.25, -0.2) is 0 Å². The summed E-state index contributed by atoms with van der Waals surface area (Å²) in [5.41, 5.74) is 3.70. The first-order chi connectivity index (χ1) is 9.10. The monoisotopic (exact) mass is 296 g/mol. The van der Waals surface area contributed by atoms with Crippen molar-refractivity contribution in [3.8, 4) is 0 Å². The van der Waals surface area contributed by atoms with E-state index in [0.29, 0.717) is 27.0 Å². The first kappa shape index (κ1) is 13.6. The van der Waals surface area contributed by atoms with Crippen LogP contribution in [0.25, 0.3) is 0 Å². The van der Waals surface area contributed by atoms with E-state index in [9.17, 15) is 4.79 Å². The van der Waals surface area contributed by atoms with Gasteiger partial charge in [-0.05, 0) is 24.3 Å². The number of hydrogen-bond acceptors (Lipinski definition) is 4. The van der Waals surface area contributed by atoms with Crippen molar-refractivity contribution in [1.29, 1.82) is 0 Å². The summed E-state index contributed by atoms with van der Waals surface area (Å²) in [4.78, 5) is 16.0. The molecule has 0 unspecified atom stereocenters. The van der Waals surface area contributed by atoms with Gasteiger partial charge in [0.1, 0.15) is 0 Å². The number of rotatable bonds is 3. The van der Waals surface area contributed by atoms with Crippen LogP contribution in [-0.2, 0) is 0 Å². The maximum absolute atomic E-state index is 12.1. The highest BCUT2D eigenvalue weighted by molar-refractivity contribution is 6.35. The fourth-order valence-electron chi connectivity index (χ4n) is 1.53. The molecule has 0 aliphatic carbocycles. The van der Waals surface area contributed by atoms with Crippen LogP contribution in [0.1, 0.15) is 10.4 Å². The molecule has 4 N–H and O–H groups in total. The van der Waals surface area contributed by atoms with Crippen LogP contribution in [0.5, 0.6) is 0 Å². The molecule has 2 aromatic rings. The second-order valence-electron chi connectivity index (χ2n) is 3.68. The molecule has 0 fully saturated rings. The minimum atomic E-state index is -0.339. The molecule has 0 bridgehead atoms. The Morgan fingerprint density at radius 3 is 2.53 bits per heavy atom. The Morgan fingerprint density at radius 2 is 1.89 bits per heavy atom. The van der Waals surface area contributed by atoms with Crippen LogP contribution in [0.2, 0.25) is 10.0 Å². The van der Waals surface area contributed by atoms with Crippen LogP contribution in [0.4, 0.5) is 11.4 Å². The summed E-state index contributed by atoms with van der Waals surface area (Å²) in [6, 6.07) is 6.33. The van der Waals surface area contributed by atoms with E-state index in [4.69, 9.17) is 29.0 Å². The summed E-state index contributed by atoms with van der Waals surface area (Å²) < 4.78 is 0. The van der Waals surface area contributed by atoms with E-state index in [1.165, 1.54) is 12.4 Å². The smallest absolute Gasteiger partial charge is 0.257 e. The highest BCUT2D eigenvalue weighted by atomic mass is 35.5. The molecule has 0 aliphatic heterocycles. The quantitative estimate of drug-likeness (QED) is 0.601.